The number of carboxylic acid groups (broad SMARTS) is 1. The first kappa shape index (κ1) is 30.4. The topological polar surface area (TPSA) is 148 Å². The summed E-state index contributed by atoms with van der Waals surface area (Å²) in [6, 6.07) is 12.6. The van der Waals surface area contributed by atoms with Gasteiger partial charge in [-0.25, -0.2) is 9.78 Å². The average Bonchev–Trinajstić information content (AvgIpc) is 3.66. The molecule has 3 aliphatic rings. The standard InChI is InChI=1S/C34H37N3O8/c1-19-31(44-18-35-19)32(39)36-20(2)30(23-9-7-22(8-10-23)21-5-6-21)45-26-11-12-27(34(41)42)28(15-26)24-4-3-13-37(16-24)33(40)25-14-29(38)43-17-25/h7-12,15,18,20-21,24-25,30H,3-6,13-14,16-17H2,1-2H3,(H,36,39)(H,41,42)/t20-,24+,25+,30-/m0/s1. The second-order valence-corrected chi connectivity index (χ2v) is 12.3. The van der Waals surface area contributed by atoms with Crippen molar-refractivity contribution in [2.75, 3.05) is 19.7 Å². The molecule has 2 aliphatic heterocycles. The SMILES string of the molecule is Cc1ncoc1C(=O)N[C@@H](C)[C@H](Oc1ccc(C(=O)O)c([C@@H]2CCCN(C(=O)[C@H]3COC(=O)C3)C2)c1)c1ccc(C2CC2)cc1. The van der Waals surface area contributed by atoms with E-state index in [-0.39, 0.29) is 42.1 Å². The fourth-order valence-corrected chi connectivity index (χ4v) is 6.35. The normalized spacial score (nSPS) is 21.1. The monoisotopic (exact) mass is 615 g/mol. The van der Waals surface area contributed by atoms with E-state index in [0.29, 0.717) is 48.9 Å². The number of oxazole rings is 1. The van der Waals surface area contributed by atoms with E-state index in [2.05, 4.69) is 22.4 Å². The highest BCUT2D eigenvalue weighted by Gasteiger charge is 2.36. The van der Waals surface area contributed by atoms with Gasteiger partial charge in [0.15, 0.2) is 6.39 Å². The van der Waals surface area contributed by atoms with E-state index >= 15 is 0 Å². The second-order valence-electron chi connectivity index (χ2n) is 12.3. The lowest BCUT2D eigenvalue weighted by Crippen LogP contribution is -2.42. The van der Waals surface area contributed by atoms with Crippen LogP contribution >= 0.6 is 0 Å². The minimum atomic E-state index is -1.06. The Morgan fingerprint density at radius 2 is 1.87 bits per heavy atom. The third-order valence-electron chi connectivity index (χ3n) is 8.98. The number of aromatic nitrogens is 1. The molecule has 2 saturated heterocycles. The van der Waals surface area contributed by atoms with Crippen LogP contribution < -0.4 is 10.1 Å². The number of aryl methyl sites for hydroxylation is 1. The summed E-state index contributed by atoms with van der Waals surface area (Å²) in [6.07, 6.45) is 4.43. The van der Waals surface area contributed by atoms with Gasteiger partial charge >= 0.3 is 11.9 Å². The Hall–Kier alpha value is -4.67. The van der Waals surface area contributed by atoms with Crippen LogP contribution in [-0.4, -0.2) is 64.5 Å². The maximum atomic E-state index is 13.2. The van der Waals surface area contributed by atoms with Gasteiger partial charge in [0.1, 0.15) is 18.5 Å². The molecule has 236 valence electrons. The first-order valence-corrected chi connectivity index (χ1v) is 15.5. The number of carbonyl (C=O) groups is 4. The number of nitrogens with one attached hydrogen (secondary N) is 1. The molecule has 0 bridgehead atoms. The number of carbonyl (C=O) groups excluding carboxylic acids is 3. The van der Waals surface area contributed by atoms with Crippen molar-refractivity contribution in [2.24, 2.45) is 5.92 Å². The number of carboxylic acids is 1. The average molecular weight is 616 g/mol. The number of benzene rings is 2. The van der Waals surface area contributed by atoms with Crippen LogP contribution in [0.5, 0.6) is 5.75 Å². The predicted octanol–water partition coefficient (Wildman–Crippen LogP) is 4.77. The third kappa shape index (κ3) is 6.72. The summed E-state index contributed by atoms with van der Waals surface area (Å²) >= 11 is 0. The summed E-state index contributed by atoms with van der Waals surface area (Å²) in [5.74, 6) is -1.58. The van der Waals surface area contributed by atoms with E-state index in [1.165, 1.54) is 30.9 Å². The van der Waals surface area contributed by atoms with Gasteiger partial charge in [0.25, 0.3) is 5.91 Å². The van der Waals surface area contributed by atoms with E-state index < -0.39 is 29.9 Å². The largest absolute Gasteiger partial charge is 0.484 e. The van der Waals surface area contributed by atoms with E-state index in [1.807, 2.05) is 19.1 Å². The molecule has 2 aromatic carbocycles. The summed E-state index contributed by atoms with van der Waals surface area (Å²) < 4.78 is 16.9. The highest BCUT2D eigenvalue weighted by Crippen LogP contribution is 2.41. The molecule has 3 aromatic rings. The molecular weight excluding hydrogens is 578 g/mol. The number of rotatable bonds is 10. The van der Waals surface area contributed by atoms with Gasteiger partial charge in [0.2, 0.25) is 11.7 Å². The summed E-state index contributed by atoms with van der Waals surface area (Å²) in [4.78, 5) is 55.8. The van der Waals surface area contributed by atoms with Gasteiger partial charge in [-0.15, -0.1) is 0 Å². The van der Waals surface area contributed by atoms with E-state index in [0.717, 1.165) is 5.56 Å². The zero-order valence-corrected chi connectivity index (χ0v) is 25.4. The molecule has 1 aliphatic carbocycles. The lowest BCUT2D eigenvalue weighted by atomic mass is 9.86. The number of piperidine rings is 1. The number of hydrogen-bond acceptors (Lipinski definition) is 8. The molecule has 2 N–H and O–H groups in total. The van der Waals surface area contributed by atoms with E-state index in [1.54, 1.807) is 24.0 Å². The molecule has 1 aromatic heterocycles. The fraction of sp³-hybridized carbons (Fsp3) is 0.441. The Labute approximate surface area is 260 Å². The number of hydrogen-bond donors (Lipinski definition) is 2. The molecule has 45 heavy (non-hydrogen) atoms. The van der Waals surface area contributed by atoms with Gasteiger partial charge in [-0.2, -0.15) is 0 Å². The summed E-state index contributed by atoms with van der Waals surface area (Å²) in [6.45, 7) is 4.50. The quantitative estimate of drug-likeness (QED) is 0.308. The molecule has 11 heteroatoms. The molecule has 11 nitrogen and oxygen atoms in total. The van der Waals surface area contributed by atoms with Crippen LogP contribution in [0.2, 0.25) is 0 Å². The van der Waals surface area contributed by atoms with Crippen LogP contribution in [0, 0.1) is 12.8 Å². The van der Waals surface area contributed by atoms with E-state index in [9.17, 15) is 24.3 Å². The molecule has 0 unspecified atom stereocenters. The highest BCUT2D eigenvalue weighted by atomic mass is 16.5. The summed E-state index contributed by atoms with van der Waals surface area (Å²) in [5.41, 5.74) is 3.33. The van der Waals surface area contributed by atoms with Gasteiger partial charge in [-0.3, -0.25) is 14.4 Å². The van der Waals surface area contributed by atoms with Crippen molar-refractivity contribution in [3.05, 3.63) is 82.6 Å². The van der Waals surface area contributed by atoms with Crippen LogP contribution in [0.15, 0.2) is 53.3 Å². The van der Waals surface area contributed by atoms with Crippen molar-refractivity contribution >= 4 is 23.8 Å². The molecule has 6 rings (SSSR count). The number of nitrogens with zero attached hydrogens (tertiary/aromatic N) is 2. The Bertz CT molecular complexity index is 1590. The van der Waals surface area contributed by atoms with Crippen molar-refractivity contribution in [3.63, 3.8) is 0 Å². The van der Waals surface area contributed by atoms with Gasteiger partial charge in [-0.05, 0) is 80.3 Å². The summed E-state index contributed by atoms with van der Waals surface area (Å²) in [5, 5.41) is 13.0. The molecule has 1 saturated carbocycles. The van der Waals surface area contributed by atoms with Crippen LogP contribution in [-0.2, 0) is 14.3 Å². The third-order valence-corrected chi connectivity index (χ3v) is 8.98. The fourth-order valence-electron chi connectivity index (χ4n) is 6.35. The van der Waals surface area contributed by atoms with Crippen LogP contribution in [0.25, 0.3) is 0 Å². The lowest BCUT2D eigenvalue weighted by Gasteiger charge is -2.35. The maximum Gasteiger partial charge on any atom is 0.335 e. The van der Waals surface area contributed by atoms with Crippen molar-refractivity contribution in [1.82, 2.24) is 15.2 Å². The minimum Gasteiger partial charge on any atom is -0.484 e. The lowest BCUT2D eigenvalue weighted by molar-refractivity contribution is -0.138. The van der Waals surface area contributed by atoms with Gasteiger partial charge in [0, 0.05) is 19.0 Å². The molecule has 0 radical (unpaired) electrons. The number of likely N-dealkylation sites (tertiary alicyclic amines) is 1. The zero-order chi connectivity index (χ0) is 31.7. The van der Waals surface area contributed by atoms with Gasteiger partial charge in [-0.1, -0.05) is 24.3 Å². The van der Waals surface area contributed by atoms with Crippen LogP contribution in [0.4, 0.5) is 0 Å². The molecular formula is C34H37N3O8. The van der Waals surface area contributed by atoms with E-state index in [4.69, 9.17) is 13.9 Å². The molecule has 3 fully saturated rings. The number of ether oxygens (including phenoxy) is 2. The Kier molecular flexibility index (Phi) is 8.60. The number of esters is 1. The smallest absolute Gasteiger partial charge is 0.335 e. The van der Waals surface area contributed by atoms with Crippen molar-refractivity contribution in [3.8, 4) is 5.75 Å². The zero-order valence-electron chi connectivity index (χ0n) is 25.4. The molecule has 4 atom stereocenters. The summed E-state index contributed by atoms with van der Waals surface area (Å²) in [7, 11) is 0. The van der Waals surface area contributed by atoms with Crippen molar-refractivity contribution in [1.29, 1.82) is 0 Å². The second kappa shape index (κ2) is 12.7. The van der Waals surface area contributed by atoms with Crippen molar-refractivity contribution < 1.29 is 38.2 Å². The molecule has 3 heterocycles. The predicted molar refractivity (Wildman–Crippen MR) is 161 cm³/mol. The van der Waals surface area contributed by atoms with Crippen LogP contribution in [0.1, 0.15) is 100 Å². The van der Waals surface area contributed by atoms with Crippen molar-refractivity contribution in [2.45, 2.75) is 69.9 Å². The maximum absolute atomic E-state index is 13.2. The number of cyclic esters (lactones) is 1. The first-order chi connectivity index (χ1) is 21.7. The first-order valence-electron chi connectivity index (χ1n) is 15.5. The highest BCUT2D eigenvalue weighted by molar-refractivity contribution is 5.92. The van der Waals surface area contributed by atoms with Gasteiger partial charge < -0.3 is 29.2 Å². The number of amides is 2. The minimum absolute atomic E-state index is 0.0669. The number of aromatic carboxylic acids is 1. The Morgan fingerprint density at radius 1 is 1.09 bits per heavy atom. The van der Waals surface area contributed by atoms with Crippen LogP contribution in [0.3, 0.4) is 0 Å². The molecule has 0 spiro atoms. The van der Waals surface area contributed by atoms with Gasteiger partial charge in [0.05, 0.1) is 29.6 Å². The Balaban J connectivity index is 1.26. The Morgan fingerprint density at radius 3 is 2.51 bits per heavy atom. The molecule has 2 amide bonds.